The predicted octanol–water partition coefficient (Wildman–Crippen LogP) is 3.95. The van der Waals surface area contributed by atoms with Crippen molar-refractivity contribution in [3.05, 3.63) is 29.3 Å². The van der Waals surface area contributed by atoms with Crippen molar-refractivity contribution in [3.63, 3.8) is 0 Å². The molecule has 0 radical (unpaired) electrons. The highest BCUT2D eigenvalue weighted by Crippen LogP contribution is 2.21. The molecular formula is C22H36N2O2. The lowest BCUT2D eigenvalue weighted by atomic mass is 9.92. The van der Waals surface area contributed by atoms with Crippen LogP contribution in [0.15, 0.2) is 18.2 Å². The van der Waals surface area contributed by atoms with Crippen molar-refractivity contribution in [1.29, 1.82) is 0 Å². The van der Waals surface area contributed by atoms with Crippen molar-refractivity contribution < 1.29 is 9.53 Å². The molecule has 1 amide bonds. The molecular weight excluding hydrogens is 324 g/mol. The molecule has 26 heavy (non-hydrogen) atoms. The maximum atomic E-state index is 12.4. The Bertz CT molecular complexity index is 578. The number of benzene rings is 1. The van der Waals surface area contributed by atoms with Gasteiger partial charge in [-0.15, -0.1) is 0 Å². The minimum absolute atomic E-state index is 0.00823. The van der Waals surface area contributed by atoms with Gasteiger partial charge in [0.25, 0.3) is 5.91 Å². The van der Waals surface area contributed by atoms with Gasteiger partial charge in [0.2, 0.25) is 0 Å². The lowest BCUT2D eigenvalue weighted by Gasteiger charge is -2.35. The molecule has 0 unspecified atom stereocenters. The molecule has 146 valence electrons. The number of hydrogen-bond donors (Lipinski definition) is 1. The molecule has 2 rings (SSSR count). The zero-order chi connectivity index (χ0) is 19.1. The molecule has 1 saturated heterocycles. The van der Waals surface area contributed by atoms with Gasteiger partial charge in [0.1, 0.15) is 5.75 Å². The van der Waals surface area contributed by atoms with E-state index in [1.165, 1.54) is 30.6 Å². The van der Waals surface area contributed by atoms with Crippen molar-refractivity contribution in [1.82, 2.24) is 10.2 Å². The van der Waals surface area contributed by atoms with Crippen LogP contribution in [-0.2, 0) is 4.79 Å². The van der Waals surface area contributed by atoms with Crippen LogP contribution in [0.25, 0.3) is 0 Å². The molecule has 1 aromatic carbocycles. The minimum atomic E-state index is -0.424. The van der Waals surface area contributed by atoms with Gasteiger partial charge in [-0.1, -0.05) is 26.8 Å². The number of rotatable bonds is 8. The first-order valence-corrected chi connectivity index (χ1v) is 10.1. The zero-order valence-corrected chi connectivity index (χ0v) is 17.2. The van der Waals surface area contributed by atoms with Gasteiger partial charge in [-0.25, -0.2) is 0 Å². The maximum Gasteiger partial charge on any atom is 0.261 e. The van der Waals surface area contributed by atoms with E-state index in [0.29, 0.717) is 13.0 Å². The van der Waals surface area contributed by atoms with Gasteiger partial charge in [0, 0.05) is 19.6 Å². The van der Waals surface area contributed by atoms with E-state index in [2.05, 4.69) is 37.9 Å². The zero-order valence-electron chi connectivity index (χ0n) is 17.2. The van der Waals surface area contributed by atoms with E-state index in [1.54, 1.807) is 0 Å². The Morgan fingerprint density at radius 1 is 1.23 bits per heavy atom. The molecule has 1 fully saturated rings. The Kier molecular flexibility index (Phi) is 7.95. The van der Waals surface area contributed by atoms with E-state index in [1.807, 2.05) is 25.1 Å². The van der Waals surface area contributed by atoms with Crippen LogP contribution in [0.1, 0.15) is 51.2 Å². The first kappa shape index (κ1) is 20.8. The molecule has 0 bridgehead atoms. The summed E-state index contributed by atoms with van der Waals surface area (Å²) < 4.78 is 5.91. The van der Waals surface area contributed by atoms with Gasteiger partial charge in [0.15, 0.2) is 6.10 Å². The van der Waals surface area contributed by atoms with Gasteiger partial charge in [-0.2, -0.15) is 0 Å². The number of amides is 1. The fraction of sp³-hybridized carbons (Fsp3) is 0.682. The standard InChI is InChI=1S/C22H36N2O2/c1-6-21(26-20-9-8-18(4)19(5)13-20)22(25)23-10-7-11-24-14-16(2)12-17(3)15-24/h8-9,13,16-17,21H,6-7,10-12,14-15H2,1-5H3,(H,23,25)/t16-,17-,21-/m0/s1. The normalized spacial score (nSPS) is 22.0. The summed E-state index contributed by atoms with van der Waals surface area (Å²) in [4.78, 5) is 15.0. The van der Waals surface area contributed by atoms with Gasteiger partial charge in [-0.3, -0.25) is 4.79 Å². The molecule has 1 aliphatic rings. The number of piperidine rings is 1. The number of hydrogen-bond acceptors (Lipinski definition) is 3. The van der Waals surface area contributed by atoms with Crippen LogP contribution >= 0.6 is 0 Å². The van der Waals surface area contributed by atoms with E-state index < -0.39 is 6.10 Å². The monoisotopic (exact) mass is 360 g/mol. The Morgan fingerprint density at radius 3 is 2.54 bits per heavy atom. The van der Waals surface area contributed by atoms with E-state index in [9.17, 15) is 4.79 Å². The molecule has 1 aromatic rings. The number of carbonyl (C=O) groups excluding carboxylic acids is 1. The first-order valence-electron chi connectivity index (χ1n) is 10.1. The Hall–Kier alpha value is -1.55. The lowest BCUT2D eigenvalue weighted by Crippen LogP contribution is -2.41. The maximum absolute atomic E-state index is 12.4. The molecule has 4 nitrogen and oxygen atoms in total. The average molecular weight is 361 g/mol. The topological polar surface area (TPSA) is 41.6 Å². The number of likely N-dealkylation sites (tertiary alicyclic amines) is 1. The number of nitrogens with one attached hydrogen (secondary N) is 1. The largest absolute Gasteiger partial charge is 0.481 e. The molecule has 1 N–H and O–H groups in total. The first-order chi connectivity index (χ1) is 12.4. The van der Waals surface area contributed by atoms with E-state index >= 15 is 0 Å². The fourth-order valence-electron chi connectivity index (χ4n) is 3.88. The third-order valence-electron chi connectivity index (χ3n) is 5.31. The highest BCUT2D eigenvalue weighted by atomic mass is 16.5. The summed E-state index contributed by atoms with van der Waals surface area (Å²) in [5.41, 5.74) is 2.42. The number of ether oxygens (including phenoxy) is 1. The smallest absolute Gasteiger partial charge is 0.261 e. The molecule has 1 aliphatic heterocycles. The summed E-state index contributed by atoms with van der Waals surface area (Å²) in [7, 11) is 0. The van der Waals surface area contributed by atoms with Crippen LogP contribution in [0.5, 0.6) is 5.75 Å². The van der Waals surface area contributed by atoms with E-state index in [4.69, 9.17) is 4.74 Å². The average Bonchev–Trinajstić information content (AvgIpc) is 2.58. The highest BCUT2D eigenvalue weighted by molar-refractivity contribution is 5.81. The molecule has 0 saturated carbocycles. The quantitative estimate of drug-likeness (QED) is 0.714. The van der Waals surface area contributed by atoms with Crippen molar-refractivity contribution in [3.8, 4) is 5.75 Å². The Balaban J connectivity index is 1.73. The van der Waals surface area contributed by atoms with E-state index in [-0.39, 0.29) is 5.91 Å². The second-order valence-electron chi connectivity index (χ2n) is 8.11. The van der Waals surface area contributed by atoms with Crippen molar-refractivity contribution in [2.45, 2.75) is 60.0 Å². The molecule has 1 heterocycles. The minimum Gasteiger partial charge on any atom is -0.481 e. The summed E-state index contributed by atoms with van der Waals surface area (Å²) in [5, 5.41) is 3.05. The molecule has 0 aliphatic carbocycles. The molecule has 0 aromatic heterocycles. The highest BCUT2D eigenvalue weighted by Gasteiger charge is 2.22. The van der Waals surface area contributed by atoms with Crippen LogP contribution < -0.4 is 10.1 Å². The fourth-order valence-corrected chi connectivity index (χ4v) is 3.88. The van der Waals surface area contributed by atoms with Crippen LogP contribution in [0.4, 0.5) is 0 Å². The second-order valence-corrected chi connectivity index (χ2v) is 8.11. The van der Waals surface area contributed by atoms with Crippen molar-refractivity contribution in [2.75, 3.05) is 26.2 Å². The van der Waals surface area contributed by atoms with Gasteiger partial charge < -0.3 is 15.0 Å². The van der Waals surface area contributed by atoms with Crippen LogP contribution in [0.2, 0.25) is 0 Å². The van der Waals surface area contributed by atoms with Crippen molar-refractivity contribution in [2.24, 2.45) is 11.8 Å². The summed E-state index contributed by atoms with van der Waals surface area (Å²) in [5.74, 6) is 2.32. The number of aryl methyl sites for hydroxylation is 2. The van der Waals surface area contributed by atoms with Crippen LogP contribution in [-0.4, -0.2) is 43.1 Å². The predicted molar refractivity (Wildman–Crippen MR) is 108 cm³/mol. The van der Waals surface area contributed by atoms with Gasteiger partial charge in [0.05, 0.1) is 0 Å². The third kappa shape index (κ3) is 6.31. The summed E-state index contributed by atoms with van der Waals surface area (Å²) in [6.07, 6.45) is 2.57. The Morgan fingerprint density at radius 2 is 1.92 bits per heavy atom. The van der Waals surface area contributed by atoms with E-state index in [0.717, 1.165) is 30.6 Å². The third-order valence-corrected chi connectivity index (χ3v) is 5.31. The number of nitrogens with zero attached hydrogens (tertiary/aromatic N) is 1. The molecule has 3 atom stereocenters. The SMILES string of the molecule is CC[C@H](Oc1ccc(C)c(C)c1)C(=O)NCCCN1C[C@@H](C)C[C@H](C)C1. The summed E-state index contributed by atoms with van der Waals surface area (Å²) in [6, 6.07) is 5.98. The molecule has 4 heteroatoms. The second kappa shape index (κ2) is 9.96. The lowest BCUT2D eigenvalue weighted by molar-refractivity contribution is -0.128. The van der Waals surface area contributed by atoms with Crippen LogP contribution in [0.3, 0.4) is 0 Å². The van der Waals surface area contributed by atoms with Crippen LogP contribution in [0, 0.1) is 25.7 Å². The molecule has 0 spiro atoms. The van der Waals surface area contributed by atoms with Gasteiger partial charge in [-0.05, 0) is 74.8 Å². The summed E-state index contributed by atoms with van der Waals surface area (Å²) >= 11 is 0. The summed E-state index contributed by atoms with van der Waals surface area (Å²) in [6.45, 7) is 14.9. The van der Waals surface area contributed by atoms with Crippen molar-refractivity contribution >= 4 is 5.91 Å². The Labute approximate surface area is 159 Å². The van der Waals surface area contributed by atoms with Gasteiger partial charge >= 0.3 is 0 Å². The number of carbonyl (C=O) groups is 1.